The van der Waals surface area contributed by atoms with Crippen LogP contribution in [0.15, 0.2) is 23.1 Å². The lowest BCUT2D eigenvalue weighted by Gasteiger charge is -2.18. The minimum Gasteiger partial charge on any atom is -0.349 e. The molecule has 1 fully saturated rings. The number of sulfone groups is 1. The highest BCUT2D eigenvalue weighted by Gasteiger charge is 2.28. The van der Waals surface area contributed by atoms with E-state index in [2.05, 4.69) is 5.32 Å². The van der Waals surface area contributed by atoms with Gasteiger partial charge in [0.2, 0.25) is 5.91 Å². The molecular weight excluding hydrogens is 343 g/mol. The van der Waals surface area contributed by atoms with Crippen LogP contribution >= 0.6 is 12.4 Å². The van der Waals surface area contributed by atoms with Crippen LogP contribution in [-0.2, 0) is 14.6 Å². The van der Waals surface area contributed by atoms with Crippen LogP contribution in [-0.4, -0.2) is 26.6 Å². The van der Waals surface area contributed by atoms with Gasteiger partial charge in [-0.05, 0) is 43.9 Å². The van der Waals surface area contributed by atoms with Gasteiger partial charge in [0.1, 0.15) is 10.7 Å². The van der Waals surface area contributed by atoms with E-state index in [1.165, 1.54) is 12.1 Å². The van der Waals surface area contributed by atoms with Gasteiger partial charge in [-0.3, -0.25) is 4.79 Å². The van der Waals surface area contributed by atoms with Crippen molar-refractivity contribution < 1.29 is 17.6 Å². The fourth-order valence-electron chi connectivity index (χ4n) is 2.76. The van der Waals surface area contributed by atoms with Crippen LogP contribution in [0.3, 0.4) is 0 Å². The molecule has 0 radical (unpaired) electrons. The third kappa shape index (κ3) is 4.89. The molecule has 3 unspecified atom stereocenters. The topological polar surface area (TPSA) is 89.3 Å². The van der Waals surface area contributed by atoms with Gasteiger partial charge in [0.05, 0.1) is 6.04 Å². The summed E-state index contributed by atoms with van der Waals surface area (Å²) < 4.78 is 36.7. The number of hydrogen-bond acceptors (Lipinski definition) is 4. The van der Waals surface area contributed by atoms with Crippen molar-refractivity contribution in [2.45, 2.75) is 43.2 Å². The smallest absolute Gasteiger partial charge is 0.223 e. The van der Waals surface area contributed by atoms with Gasteiger partial charge >= 0.3 is 0 Å². The molecule has 0 aliphatic heterocycles. The Balaban J connectivity index is 0.00000264. The molecule has 1 aliphatic carbocycles. The van der Waals surface area contributed by atoms with Crippen LogP contribution in [0.25, 0.3) is 0 Å². The van der Waals surface area contributed by atoms with Crippen LogP contribution in [0.2, 0.25) is 0 Å². The predicted molar refractivity (Wildman–Crippen MR) is 88.6 cm³/mol. The van der Waals surface area contributed by atoms with Gasteiger partial charge in [0.25, 0.3) is 0 Å². The number of nitrogens with one attached hydrogen (secondary N) is 1. The Morgan fingerprint density at radius 1 is 1.39 bits per heavy atom. The third-order valence-electron chi connectivity index (χ3n) is 4.06. The molecule has 3 N–H and O–H groups in total. The van der Waals surface area contributed by atoms with Crippen molar-refractivity contribution in [2.24, 2.45) is 11.7 Å². The second-order valence-corrected chi connectivity index (χ2v) is 7.95. The quantitative estimate of drug-likeness (QED) is 0.854. The van der Waals surface area contributed by atoms with E-state index < -0.39 is 21.7 Å². The van der Waals surface area contributed by atoms with Crippen molar-refractivity contribution in [2.75, 3.05) is 6.26 Å². The van der Waals surface area contributed by atoms with Gasteiger partial charge in [-0.25, -0.2) is 12.8 Å². The molecule has 1 amide bonds. The molecule has 2 rings (SSSR count). The zero-order valence-corrected chi connectivity index (χ0v) is 14.7. The maximum absolute atomic E-state index is 13.9. The predicted octanol–water partition coefficient (Wildman–Crippen LogP) is 1.96. The summed E-state index contributed by atoms with van der Waals surface area (Å²) in [5.74, 6) is -0.991. The zero-order chi connectivity index (χ0) is 16.5. The molecule has 1 saturated carbocycles. The first-order valence-corrected chi connectivity index (χ1v) is 9.13. The second-order valence-electron chi connectivity index (χ2n) is 5.96. The first-order valence-electron chi connectivity index (χ1n) is 7.24. The Morgan fingerprint density at radius 3 is 2.52 bits per heavy atom. The Kier molecular flexibility index (Phi) is 6.56. The van der Waals surface area contributed by atoms with E-state index >= 15 is 0 Å². The maximum Gasteiger partial charge on any atom is 0.223 e. The number of amides is 1. The van der Waals surface area contributed by atoms with Crippen molar-refractivity contribution in [3.05, 3.63) is 29.6 Å². The van der Waals surface area contributed by atoms with Gasteiger partial charge in [-0.2, -0.15) is 0 Å². The summed E-state index contributed by atoms with van der Waals surface area (Å²) in [4.78, 5) is 11.8. The number of rotatable bonds is 4. The molecule has 0 aromatic heterocycles. The summed E-state index contributed by atoms with van der Waals surface area (Å²) in [6.45, 7) is 1.74. The minimum atomic E-state index is -3.59. The molecule has 0 spiro atoms. The fourth-order valence-corrected chi connectivity index (χ4v) is 3.48. The van der Waals surface area contributed by atoms with Gasteiger partial charge in [0, 0.05) is 18.2 Å². The Morgan fingerprint density at radius 2 is 2.04 bits per heavy atom. The summed E-state index contributed by atoms with van der Waals surface area (Å²) in [5.41, 5.74) is 6.32. The van der Waals surface area contributed by atoms with Gasteiger partial charge < -0.3 is 11.1 Å². The summed E-state index contributed by atoms with van der Waals surface area (Å²) >= 11 is 0. The molecule has 23 heavy (non-hydrogen) atoms. The lowest BCUT2D eigenvalue weighted by molar-refractivity contribution is -0.125. The molecular formula is C15H22ClFN2O3S. The van der Waals surface area contributed by atoms with E-state index in [0.29, 0.717) is 12.0 Å². The molecule has 0 bridgehead atoms. The van der Waals surface area contributed by atoms with Crippen molar-refractivity contribution >= 4 is 28.2 Å². The molecule has 1 aliphatic rings. The number of benzene rings is 1. The standard InChI is InChI=1S/C15H21FN2O3S.ClH/c1-9(18-15(19)11-3-5-12(17)7-11)10-4-6-14(13(16)8-10)22(2,20)21;/h4,6,8-9,11-12H,3,5,7,17H2,1-2H3,(H,18,19);1H. The first kappa shape index (κ1) is 19.9. The van der Waals surface area contributed by atoms with E-state index in [1.54, 1.807) is 6.92 Å². The monoisotopic (exact) mass is 364 g/mol. The lowest BCUT2D eigenvalue weighted by atomic mass is 10.0. The van der Waals surface area contributed by atoms with Crippen LogP contribution in [0.5, 0.6) is 0 Å². The third-order valence-corrected chi connectivity index (χ3v) is 5.19. The summed E-state index contributed by atoms with van der Waals surface area (Å²) in [6.07, 6.45) is 3.23. The van der Waals surface area contributed by atoms with Crippen LogP contribution in [0.1, 0.15) is 37.8 Å². The normalized spacial score (nSPS) is 22.3. The van der Waals surface area contributed by atoms with E-state index in [4.69, 9.17) is 5.73 Å². The SMILES string of the molecule is CC(NC(=O)C1CCC(N)C1)c1ccc(S(C)(=O)=O)c(F)c1.Cl. The molecule has 3 atom stereocenters. The highest BCUT2D eigenvalue weighted by Crippen LogP contribution is 2.26. The van der Waals surface area contributed by atoms with Crippen molar-refractivity contribution in [1.29, 1.82) is 0 Å². The summed E-state index contributed by atoms with van der Waals surface area (Å²) in [5, 5.41) is 2.83. The van der Waals surface area contributed by atoms with Crippen LogP contribution in [0.4, 0.5) is 4.39 Å². The Hall–Kier alpha value is -1.18. The number of nitrogens with two attached hydrogens (primary N) is 1. The van der Waals surface area contributed by atoms with E-state index in [9.17, 15) is 17.6 Å². The summed E-state index contributed by atoms with van der Waals surface area (Å²) in [7, 11) is -3.59. The molecule has 130 valence electrons. The second kappa shape index (κ2) is 7.59. The molecule has 8 heteroatoms. The average Bonchev–Trinajstić information content (AvgIpc) is 2.83. The highest BCUT2D eigenvalue weighted by atomic mass is 35.5. The van der Waals surface area contributed by atoms with Gasteiger partial charge in [0.15, 0.2) is 9.84 Å². The first-order chi connectivity index (χ1) is 10.2. The molecule has 0 heterocycles. The van der Waals surface area contributed by atoms with Crippen molar-refractivity contribution in [3.8, 4) is 0 Å². The van der Waals surface area contributed by atoms with E-state index in [0.717, 1.165) is 25.2 Å². The molecule has 0 saturated heterocycles. The average molecular weight is 365 g/mol. The number of carbonyl (C=O) groups is 1. The molecule has 1 aromatic carbocycles. The van der Waals surface area contributed by atoms with E-state index in [-0.39, 0.29) is 35.2 Å². The van der Waals surface area contributed by atoms with Crippen molar-refractivity contribution in [3.63, 3.8) is 0 Å². The number of halogens is 2. The minimum absolute atomic E-state index is 0. The largest absolute Gasteiger partial charge is 0.349 e. The summed E-state index contributed by atoms with van der Waals surface area (Å²) in [6, 6.07) is 3.57. The molecule has 1 aromatic rings. The Labute approximate surface area is 142 Å². The lowest BCUT2D eigenvalue weighted by Crippen LogP contribution is -2.32. The zero-order valence-electron chi connectivity index (χ0n) is 13.1. The van der Waals surface area contributed by atoms with Gasteiger partial charge in [-0.1, -0.05) is 6.07 Å². The van der Waals surface area contributed by atoms with Crippen LogP contribution in [0, 0.1) is 11.7 Å². The van der Waals surface area contributed by atoms with Crippen molar-refractivity contribution in [1.82, 2.24) is 5.32 Å². The molecule has 5 nitrogen and oxygen atoms in total. The fraction of sp³-hybridized carbons (Fsp3) is 0.533. The van der Waals surface area contributed by atoms with E-state index in [1.807, 2.05) is 0 Å². The van der Waals surface area contributed by atoms with Gasteiger partial charge in [-0.15, -0.1) is 12.4 Å². The number of hydrogen-bond donors (Lipinski definition) is 2. The number of carbonyl (C=O) groups excluding carboxylic acids is 1. The van der Waals surface area contributed by atoms with Crippen LogP contribution < -0.4 is 11.1 Å². The highest BCUT2D eigenvalue weighted by molar-refractivity contribution is 7.90. The maximum atomic E-state index is 13.9. The Bertz CT molecular complexity index is 681.